The van der Waals surface area contributed by atoms with E-state index >= 15 is 0 Å². The molecule has 0 aromatic heterocycles. The number of hydrogen-bond donors (Lipinski definition) is 1. The van der Waals surface area contributed by atoms with E-state index in [-0.39, 0.29) is 0 Å². The topological polar surface area (TPSA) is 24.5 Å². The zero-order valence-electron chi connectivity index (χ0n) is 14.5. The van der Waals surface area contributed by atoms with Gasteiger partial charge in [0, 0.05) is 25.7 Å². The van der Waals surface area contributed by atoms with Crippen LogP contribution in [0.15, 0.2) is 0 Å². The van der Waals surface area contributed by atoms with Crippen molar-refractivity contribution in [2.75, 3.05) is 33.4 Å². The zero-order valence-corrected chi connectivity index (χ0v) is 14.5. The lowest BCUT2D eigenvalue weighted by atomic mass is 9.69. The molecule has 1 aliphatic carbocycles. The summed E-state index contributed by atoms with van der Waals surface area (Å²) in [5.41, 5.74) is 0.427. The maximum absolute atomic E-state index is 5.29. The van der Waals surface area contributed by atoms with Crippen LogP contribution in [0.25, 0.3) is 0 Å². The predicted octanol–water partition coefficient (Wildman–Crippen LogP) is 3.15. The summed E-state index contributed by atoms with van der Waals surface area (Å²) in [5, 5.41) is 3.72. The van der Waals surface area contributed by atoms with Crippen molar-refractivity contribution < 1.29 is 4.74 Å². The first kappa shape index (κ1) is 17.9. The molecule has 0 heterocycles. The standard InChI is InChI=1S/C17H36N2O/c1-7-18-15-10-9-14(17(3,4)5)13-16(15)19(8-2)11-12-20-6/h14-16,18H,7-13H2,1-6H3. The van der Waals surface area contributed by atoms with Crippen LogP contribution in [-0.4, -0.2) is 50.3 Å². The van der Waals surface area contributed by atoms with Crippen LogP contribution in [-0.2, 0) is 4.74 Å². The van der Waals surface area contributed by atoms with Gasteiger partial charge in [-0.3, -0.25) is 4.90 Å². The van der Waals surface area contributed by atoms with Crippen molar-refractivity contribution in [3.8, 4) is 0 Å². The molecule has 0 radical (unpaired) electrons. The van der Waals surface area contributed by atoms with E-state index in [1.54, 1.807) is 7.11 Å². The van der Waals surface area contributed by atoms with Crippen LogP contribution in [0, 0.1) is 11.3 Å². The summed E-state index contributed by atoms with van der Waals surface area (Å²) in [4.78, 5) is 2.62. The quantitative estimate of drug-likeness (QED) is 0.777. The molecule has 3 heteroatoms. The second kappa shape index (κ2) is 8.35. The van der Waals surface area contributed by atoms with Gasteiger partial charge >= 0.3 is 0 Å². The third-order valence-electron chi connectivity index (χ3n) is 4.97. The molecule has 3 unspecified atom stereocenters. The van der Waals surface area contributed by atoms with Gasteiger partial charge in [-0.1, -0.05) is 34.6 Å². The van der Waals surface area contributed by atoms with E-state index in [1.165, 1.54) is 19.3 Å². The van der Waals surface area contributed by atoms with Crippen molar-refractivity contribution in [3.63, 3.8) is 0 Å². The Bertz CT molecular complexity index is 262. The van der Waals surface area contributed by atoms with Crippen molar-refractivity contribution in [3.05, 3.63) is 0 Å². The van der Waals surface area contributed by atoms with Gasteiger partial charge in [-0.25, -0.2) is 0 Å². The Hall–Kier alpha value is -0.120. The molecule has 3 atom stereocenters. The fraction of sp³-hybridized carbons (Fsp3) is 1.00. The lowest BCUT2D eigenvalue weighted by molar-refractivity contribution is 0.0453. The number of nitrogens with zero attached hydrogens (tertiary/aromatic N) is 1. The molecule has 1 rings (SSSR count). The monoisotopic (exact) mass is 284 g/mol. The molecular formula is C17H36N2O. The molecule has 1 aliphatic rings. The maximum Gasteiger partial charge on any atom is 0.0589 e. The summed E-state index contributed by atoms with van der Waals surface area (Å²) in [6, 6.07) is 1.31. The summed E-state index contributed by atoms with van der Waals surface area (Å²) < 4.78 is 5.29. The summed E-state index contributed by atoms with van der Waals surface area (Å²) in [7, 11) is 1.80. The van der Waals surface area contributed by atoms with E-state index in [0.29, 0.717) is 17.5 Å². The minimum Gasteiger partial charge on any atom is -0.383 e. The van der Waals surface area contributed by atoms with Gasteiger partial charge in [0.2, 0.25) is 0 Å². The molecule has 0 bridgehead atoms. The number of likely N-dealkylation sites (N-methyl/N-ethyl adjacent to an activating group) is 2. The summed E-state index contributed by atoms with van der Waals surface area (Å²) in [6.07, 6.45) is 3.99. The van der Waals surface area contributed by atoms with E-state index in [4.69, 9.17) is 4.74 Å². The van der Waals surface area contributed by atoms with E-state index in [9.17, 15) is 0 Å². The van der Waals surface area contributed by atoms with Crippen LogP contribution in [0.4, 0.5) is 0 Å². The minimum absolute atomic E-state index is 0.427. The molecule has 0 aliphatic heterocycles. The Morgan fingerprint density at radius 1 is 1.20 bits per heavy atom. The fourth-order valence-corrected chi connectivity index (χ4v) is 3.60. The molecule has 1 saturated carbocycles. The highest BCUT2D eigenvalue weighted by atomic mass is 16.5. The number of ether oxygens (including phenoxy) is 1. The Morgan fingerprint density at radius 3 is 2.40 bits per heavy atom. The van der Waals surface area contributed by atoms with E-state index < -0.39 is 0 Å². The van der Waals surface area contributed by atoms with Crippen LogP contribution in [0.1, 0.15) is 53.9 Å². The van der Waals surface area contributed by atoms with Crippen LogP contribution in [0.3, 0.4) is 0 Å². The second-order valence-electron chi connectivity index (χ2n) is 7.23. The third-order valence-corrected chi connectivity index (χ3v) is 4.97. The van der Waals surface area contributed by atoms with Gasteiger partial charge in [-0.2, -0.15) is 0 Å². The Labute approximate surface area is 126 Å². The first-order chi connectivity index (χ1) is 9.43. The highest BCUT2D eigenvalue weighted by Gasteiger charge is 2.37. The van der Waals surface area contributed by atoms with Gasteiger partial charge in [-0.05, 0) is 43.7 Å². The molecule has 0 aromatic carbocycles. The van der Waals surface area contributed by atoms with Crippen LogP contribution in [0.2, 0.25) is 0 Å². The first-order valence-electron chi connectivity index (χ1n) is 8.40. The third kappa shape index (κ3) is 5.01. The molecule has 0 spiro atoms. The van der Waals surface area contributed by atoms with Gasteiger partial charge in [0.05, 0.1) is 6.61 Å². The van der Waals surface area contributed by atoms with Crippen LogP contribution < -0.4 is 5.32 Å². The second-order valence-corrected chi connectivity index (χ2v) is 7.23. The summed E-state index contributed by atoms with van der Waals surface area (Å²) >= 11 is 0. The molecule has 20 heavy (non-hydrogen) atoms. The SMILES string of the molecule is CCNC1CCC(C(C)(C)C)CC1N(CC)CCOC. The lowest BCUT2D eigenvalue weighted by Gasteiger charge is -2.46. The Balaban J connectivity index is 2.75. The molecular weight excluding hydrogens is 248 g/mol. The average Bonchev–Trinajstić information content (AvgIpc) is 2.40. The van der Waals surface area contributed by atoms with Crippen molar-refractivity contribution in [2.24, 2.45) is 11.3 Å². The predicted molar refractivity (Wildman–Crippen MR) is 87.2 cm³/mol. The Kier molecular flexibility index (Phi) is 7.49. The minimum atomic E-state index is 0.427. The summed E-state index contributed by atoms with van der Waals surface area (Å²) in [6.45, 7) is 15.8. The largest absolute Gasteiger partial charge is 0.383 e. The van der Waals surface area contributed by atoms with Crippen molar-refractivity contribution in [1.29, 1.82) is 0 Å². The van der Waals surface area contributed by atoms with Gasteiger partial charge < -0.3 is 10.1 Å². The first-order valence-corrected chi connectivity index (χ1v) is 8.40. The van der Waals surface area contributed by atoms with Crippen molar-refractivity contribution in [1.82, 2.24) is 10.2 Å². The number of rotatable bonds is 7. The lowest BCUT2D eigenvalue weighted by Crippen LogP contribution is -2.55. The average molecular weight is 284 g/mol. The molecule has 1 N–H and O–H groups in total. The zero-order chi connectivity index (χ0) is 15.2. The van der Waals surface area contributed by atoms with Gasteiger partial charge in [-0.15, -0.1) is 0 Å². The van der Waals surface area contributed by atoms with Crippen molar-refractivity contribution >= 4 is 0 Å². The Morgan fingerprint density at radius 2 is 1.90 bits per heavy atom. The number of hydrogen-bond acceptors (Lipinski definition) is 3. The smallest absolute Gasteiger partial charge is 0.0589 e. The maximum atomic E-state index is 5.29. The highest BCUT2D eigenvalue weighted by Crippen LogP contribution is 2.39. The van der Waals surface area contributed by atoms with E-state index in [0.717, 1.165) is 32.2 Å². The molecule has 3 nitrogen and oxygen atoms in total. The summed E-state index contributed by atoms with van der Waals surface area (Å²) in [5.74, 6) is 0.832. The van der Waals surface area contributed by atoms with E-state index in [2.05, 4.69) is 44.8 Å². The fourth-order valence-electron chi connectivity index (χ4n) is 3.60. The van der Waals surface area contributed by atoms with Crippen molar-refractivity contribution in [2.45, 2.75) is 66.0 Å². The number of methoxy groups -OCH3 is 1. The van der Waals surface area contributed by atoms with Gasteiger partial charge in [0.1, 0.15) is 0 Å². The molecule has 0 aromatic rings. The molecule has 0 saturated heterocycles. The molecule has 1 fully saturated rings. The highest BCUT2D eigenvalue weighted by molar-refractivity contribution is 4.93. The number of nitrogens with one attached hydrogen (secondary N) is 1. The normalized spacial score (nSPS) is 28.1. The van der Waals surface area contributed by atoms with Crippen LogP contribution in [0.5, 0.6) is 0 Å². The van der Waals surface area contributed by atoms with Crippen LogP contribution >= 0.6 is 0 Å². The molecule has 120 valence electrons. The molecule has 0 amide bonds. The van der Waals surface area contributed by atoms with Gasteiger partial charge in [0.25, 0.3) is 0 Å². The van der Waals surface area contributed by atoms with E-state index in [1.807, 2.05) is 0 Å². The van der Waals surface area contributed by atoms with Gasteiger partial charge in [0.15, 0.2) is 0 Å².